The number of quaternary nitrogens is 1. The van der Waals surface area contributed by atoms with Gasteiger partial charge in [-0.2, -0.15) is 0 Å². The van der Waals surface area contributed by atoms with Gasteiger partial charge >= 0.3 is 0 Å². The highest BCUT2D eigenvalue weighted by molar-refractivity contribution is 5.58. The van der Waals surface area contributed by atoms with Gasteiger partial charge in [-0.3, -0.25) is 0 Å². The number of nitrogens with one attached hydrogen (secondary N) is 1. The molecule has 2 atom stereocenters. The number of fused-ring (bicyclic) bond motifs is 1. The summed E-state index contributed by atoms with van der Waals surface area (Å²) in [4.78, 5) is 1.25. The Morgan fingerprint density at radius 3 is 2.64 bits per heavy atom. The van der Waals surface area contributed by atoms with Gasteiger partial charge in [-0.05, 0) is 17.2 Å². The number of aliphatic hydroxyl groups excluding tert-OH is 1. The zero-order chi connectivity index (χ0) is 10.1. The Hall–Kier alpha value is -1.12. The number of likely N-dealkylation sites (N-methyl/N-ethyl adjacent to an activating group) is 1. The second-order valence-electron chi connectivity index (χ2n) is 4.04. The lowest BCUT2D eigenvalue weighted by molar-refractivity contribution is -0.883. The molecule has 0 aromatic heterocycles. The van der Waals surface area contributed by atoms with Crippen molar-refractivity contribution in [2.75, 3.05) is 14.1 Å². The summed E-state index contributed by atoms with van der Waals surface area (Å²) in [6.07, 6.45) is 3.81. The molecule has 74 valence electrons. The molecule has 0 fully saturated rings. The standard InChI is InChI=1S/C12H15NO/c1-13(2)11-8-7-9-5-3-4-6-10(9)12(11)14/h3-8,11-12,14H,1-2H3/p+1/t11-,12+/m0/s1. The van der Waals surface area contributed by atoms with Crippen molar-refractivity contribution < 1.29 is 10.0 Å². The van der Waals surface area contributed by atoms with Crippen LogP contribution in [0.4, 0.5) is 0 Å². The van der Waals surface area contributed by atoms with Gasteiger partial charge < -0.3 is 10.0 Å². The van der Waals surface area contributed by atoms with Gasteiger partial charge in [0.2, 0.25) is 0 Å². The van der Waals surface area contributed by atoms with Gasteiger partial charge in [0.1, 0.15) is 12.1 Å². The van der Waals surface area contributed by atoms with Gasteiger partial charge in [-0.15, -0.1) is 0 Å². The van der Waals surface area contributed by atoms with Crippen LogP contribution in [0.3, 0.4) is 0 Å². The molecule has 0 saturated carbocycles. The fourth-order valence-electron chi connectivity index (χ4n) is 1.95. The van der Waals surface area contributed by atoms with Crippen LogP contribution in [0.25, 0.3) is 6.08 Å². The van der Waals surface area contributed by atoms with E-state index in [-0.39, 0.29) is 12.1 Å². The van der Waals surface area contributed by atoms with Crippen molar-refractivity contribution in [1.29, 1.82) is 0 Å². The summed E-state index contributed by atoms with van der Waals surface area (Å²) in [5.41, 5.74) is 2.18. The van der Waals surface area contributed by atoms with Gasteiger partial charge in [0.05, 0.1) is 14.1 Å². The van der Waals surface area contributed by atoms with Crippen LogP contribution >= 0.6 is 0 Å². The Bertz CT molecular complexity index is 357. The normalized spacial score (nSPS) is 25.1. The van der Waals surface area contributed by atoms with E-state index in [0.717, 1.165) is 11.1 Å². The van der Waals surface area contributed by atoms with E-state index in [4.69, 9.17) is 0 Å². The van der Waals surface area contributed by atoms with Gasteiger partial charge in [-0.25, -0.2) is 0 Å². The van der Waals surface area contributed by atoms with E-state index in [1.165, 1.54) is 4.90 Å². The van der Waals surface area contributed by atoms with E-state index in [1.807, 2.05) is 24.3 Å². The minimum atomic E-state index is -0.374. The zero-order valence-corrected chi connectivity index (χ0v) is 8.57. The molecule has 2 nitrogen and oxygen atoms in total. The first-order valence-corrected chi connectivity index (χ1v) is 4.95. The summed E-state index contributed by atoms with van der Waals surface area (Å²) in [6.45, 7) is 0. The number of hydrogen-bond donors (Lipinski definition) is 2. The Kier molecular flexibility index (Phi) is 2.40. The highest BCUT2D eigenvalue weighted by atomic mass is 16.3. The average Bonchev–Trinajstić information content (AvgIpc) is 2.18. The predicted molar refractivity (Wildman–Crippen MR) is 57.0 cm³/mol. The van der Waals surface area contributed by atoms with Crippen LogP contribution in [-0.2, 0) is 0 Å². The number of aliphatic hydroxyl groups is 1. The van der Waals surface area contributed by atoms with Crippen LogP contribution in [0.15, 0.2) is 30.3 Å². The zero-order valence-electron chi connectivity index (χ0n) is 8.57. The maximum atomic E-state index is 10.1. The lowest BCUT2D eigenvalue weighted by Crippen LogP contribution is -3.10. The molecule has 1 aliphatic carbocycles. The second-order valence-corrected chi connectivity index (χ2v) is 4.04. The SMILES string of the molecule is C[NH+](C)[C@H]1C=Cc2ccccc2[C@H]1O. The molecule has 0 spiro atoms. The quantitative estimate of drug-likeness (QED) is 0.652. The first-order chi connectivity index (χ1) is 6.70. The van der Waals surface area contributed by atoms with Gasteiger partial charge in [0.25, 0.3) is 0 Å². The minimum Gasteiger partial charge on any atom is -0.382 e. The molecule has 1 aliphatic rings. The van der Waals surface area contributed by atoms with E-state index in [2.05, 4.69) is 26.2 Å². The number of hydrogen-bond acceptors (Lipinski definition) is 1. The maximum Gasteiger partial charge on any atom is 0.137 e. The topological polar surface area (TPSA) is 24.7 Å². The Morgan fingerprint density at radius 2 is 1.93 bits per heavy atom. The highest BCUT2D eigenvalue weighted by Gasteiger charge is 2.28. The van der Waals surface area contributed by atoms with Crippen molar-refractivity contribution in [3.63, 3.8) is 0 Å². The molecular formula is C12H16NO+. The third-order valence-corrected chi connectivity index (χ3v) is 2.80. The molecule has 1 aromatic carbocycles. The fraction of sp³-hybridized carbons (Fsp3) is 0.333. The highest BCUT2D eigenvalue weighted by Crippen LogP contribution is 2.26. The molecule has 0 aliphatic heterocycles. The van der Waals surface area contributed by atoms with E-state index < -0.39 is 0 Å². The molecule has 2 N–H and O–H groups in total. The van der Waals surface area contributed by atoms with Gasteiger partial charge in [0, 0.05) is 0 Å². The van der Waals surface area contributed by atoms with Gasteiger partial charge in [-0.1, -0.05) is 30.3 Å². The first kappa shape index (κ1) is 9.44. The summed E-state index contributed by atoms with van der Waals surface area (Å²) >= 11 is 0. The molecule has 14 heavy (non-hydrogen) atoms. The molecule has 0 bridgehead atoms. The Morgan fingerprint density at radius 1 is 1.21 bits per heavy atom. The Labute approximate surface area is 84.5 Å². The minimum absolute atomic E-state index is 0.171. The third-order valence-electron chi connectivity index (χ3n) is 2.80. The smallest absolute Gasteiger partial charge is 0.137 e. The molecular weight excluding hydrogens is 174 g/mol. The molecule has 0 amide bonds. The molecule has 2 rings (SSSR count). The molecule has 0 saturated heterocycles. The van der Waals surface area contributed by atoms with Crippen molar-refractivity contribution in [2.24, 2.45) is 0 Å². The van der Waals surface area contributed by atoms with Crippen molar-refractivity contribution in [3.8, 4) is 0 Å². The fourth-order valence-corrected chi connectivity index (χ4v) is 1.95. The molecule has 0 heterocycles. The Balaban J connectivity index is 2.40. The molecule has 1 aromatic rings. The summed E-state index contributed by atoms with van der Waals surface area (Å²) < 4.78 is 0. The van der Waals surface area contributed by atoms with Crippen LogP contribution in [0.2, 0.25) is 0 Å². The predicted octanol–water partition coefficient (Wildman–Crippen LogP) is 0.260. The first-order valence-electron chi connectivity index (χ1n) is 4.95. The van der Waals surface area contributed by atoms with Crippen LogP contribution in [0, 0.1) is 0 Å². The molecule has 2 heteroatoms. The van der Waals surface area contributed by atoms with Crippen LogP contribution in [-0.4, -0.2) is 25.2 Å². The summed E-state index contributed by atoms with van der Waals surface area (Å²) in [5, 5.41) is 10.1. The van der Waals surface area contributed by atoms with E-state index in [1.54, 1.807) is 0 Å². The van der Waals surface area contributed by atoms with E-state index >= 15 is 0 Å². The number of benzene rings is 1. The molecule has 0 radical (unpaired) electrons. The molecule has 0 unspecified atom stereocenters. The van der Waals surface area contributed by atoms with Gasteiger partial charge in [0.15, 0.2) is 0 Å². The summed E-state index contributed by atoms with van der Waals surface area (Å²) in [6, 6.07) is 8.18. The summed E-state index contributed by atoms with van der Waals surface area (Å²) in [7, 11) is 4.12. The van der Waals surface area contributed by atoms with E-state index in [9.17, 15) is 5.11 Å². The van der Waals surface area contributed by atoms with Crippen molar-refractivity contribution in [3.05, 3.63) is 41.5 Å². The number of rotatable bonds is 1. The average molecular weight is 190 g/mol. The van der Waals surface area contributed by atoms with Crippen LogP contribution in [0.5, 0.6) is 0 Å². The maximum absolute atomic E-state index is 10.1. The van der Waals surface area contributed by atoms with Crippen molar-refractivity contribution in [2.45, 2.75) is 12.1 Å². The van der Waals surface area contributed by atoms with Crippen LogP contribution in [0.1, 0.15) is 17.2 Å². The van der Waals surface area contributed by atoms with Crippen LogP contribution < -0.4 is 4.90 Å². The summed E-state index contributed by atoms with van der Waals surface area (Å²) in [5.74, 6) is 0. The van der Waals surface area contributed by atoms with Crippen molar-refractivity contribution >= 4 is 6.08 Å². The lowest BCUT2D eigenvalue weighted by Gasteiger charge is -2.27. The largest absolute Gasteiger partial charge is 0.382 e. The second kappa shape index (κ2) is 3.56. The van der Waals surface area contributed by atoms with Crippen molar-refractivity contribution in [1.82, 2.24) is 0 Å². The van der Waals surface area contributed by atoms with E-state index in [0.29, 0.717) is 0 Å². The lowest BCUT2D eigenvalue weighted by atomic mass is 9.91. The monoisotopic (exact) mass is 190 g/mol. The third kappa shape index (κ3) is 1.47.